The van der Waals surface area contributed by atoms with E-state index in [4.69, 9.17) is 9.84 Å². The van der Waals surface area contributed by atoms with Gasteiger partial charge >= 0.3 is 0 Å². The highest BCUT2D eigenvalue weighted by Gasteiger charge is 2.00. The Kier molecular flexibility index (Phi) is 6.91. The Morgan fingerprint density at radius 3 is 2.70 bits per heavy atom. The quantitative estimate of drug-likeness (QED) is 0.519. The van der Waals surface area contributed by atoms with E-state index in [0.29, 0.717) is 6.61 Å². The van der Waals surface area contributed by atoms with E-state index in [0.717, 1.165) is 13.0 Å². The molecule has 0 radical (unpaired) electrons. The molecule has 0 aromatic rings. The lowest BCUT2D eigenvalue weighted by molar-refractivity contribution is 0.182. The van der Waals surface area contributed by atoms with Gasteiger partial charge in [-0.2, -0.15) is 0 Å². The maximum atomic E-state index is 8.72. The van der Waals surface area contributed by atoms with Crippen molar-refractivity contribution in [3.8, 4) is 0 Å². The molecule has 0 amide bonds. The van der Waals surface area contributed by atoms with Crippen LogP contribution in [0.1, 0.15) is 13.3 Å². The smallest absolute Gasteiger partial charge is 0.0587 e. The molecule has 1 atom stereocenters. The lowest BCUT2D eigenvalue weighted by atomic mass is 10.2. The number of nitrogens with one attached hydrogen (secondary N) is 1. The first kappa shape index (κ1) is 9.88. The average Bonchev–Trinajstić information content (AvgIpc) is 1.99. The first-order chi connectivity index (χ1) is 4.85. The van der Waals surface area contributed by atoms with Gasteiger partial charge in [-0.05, 0) is 6.42 Å². The van der Waals surface area contributed by atoms with E-state index in [-0.39, 0.29) is 12.6 Å². The van der Waals surface area contributed by atoms with Crippen molar-refractivity contribution in [2.45, 2.75) is 19.4 Å². The predicted molar refractivity (Wildman–Crippen MR) is 41.0 cm³/mol. The standard InChI is InChI=1S/C7H17NO2/c1-3-7(6-9)8-4-5-10-2/h7-9H,3-6H2,1-2H3. The third-order valence-corrected chi connectivity index (χ3v) is 1.45. The van der Waals surface area contributed by atoms with Crippen LogP contribution in [0.25, 0.3) is 0 Å². The molecule has 0 rings (SSSR count). The van der Waals surface area contributed by atoms with Gasteiger partial charge in [-0.15, -0.1) is 0 Å². The van der Waals surface area contributed by atoms with E-state index in [9.17, 15) is 0 Å². The predicted octanol–water partition coefficient (Wildman–Crippen LogP) is -0.00670. The zero-order chi connectivity index (χ0) is 7.82. The first-order valence-electron chi connectivity index (χ1n) is 3.68. The van der Waals surface area contributed by atoms with Crippen molar-refractivity contribution in [2.24, 2.45) is 0 Å². The number of methoxy groups -OCH3 is 1. The summed E-state index contributed by atoms with van der Waals surface area (Å²) in [4.78, 5) is 0. The summed E-state index contributed by atoms with van der Waals surface area (Å²) >= 11 is 0. The molecular weight excluding hydrogens is 130 g/mol. The van der Waals surface area contributed by atoms with E-state index in [1.807, 2.05) is 6.92 Å². The lowest BCUT2D eigenvalue weighted by Crippen LogP contribution is -2.34. The Labute approximate surface area is 62.4 Å². The summed E-state index contributed by atoms with van der Waals surface area (Å²) in [7, 11) is 1.67. The van der Waals surface area contributed by atoms with Crippen LogP contribution in [0.4, 0.5) is 0 Å². The largest absolute Gasteiger partial charge is 0.395 e. The van der Waals surface area contributed by atoms with Gasteiger partial charge in [0.25, 0.3) is 0 Å². The number of hydrogen-bond acceptors (Lipinski definition) is 3. The summed E-state index contributed by atoms with van der Waals surface area (Å²) in [6.07, 6.45) is 0.959. The second kappa shape index (κ2) is 6.99. The van der Waals surface area contributed by atoms with Gasteiger partial charge in [0.1, 0.15) is 0 Å². The molecule has 10 heavy (non-hydrogen) atoms. The minimum Gasteiger partial charge on any atom is -0.395 e. The zero-order valence-electron chi connectivity index (χ0n) is 6.76. The molecule has 0 bridgehead atoms. The minimum absolute atomic E-state index is 0.209. The van der Waals surface area contributed by atoms with E-state index >= 15 is 0 Å². The minimum atomic E-state index is 0.209. The molecule has 0 aromatic heterocycles. The van der Waals surface area contributed by atoms with Crippen molar-refractivity contribution in [3.05, 3.63) is 0 Å². The maximum absolute atomic E-state index is 8.72. The molecule has 62 valence electrons. The van der Waals surface area contributed by atoms with Crippen LogP contribution in [-0.4, -0.2) is 38.0 Å². The van der Waals surface area contributed by atoms with Crippen LogP contribution in [0, 0.1) is 0 Å². The Balaban J connectivity index is 3.09. The SMILES string of the molecule is CCC(CO)NCCOC. The monoisotopic (exact) mass is 147 g/mol. The van der Waals surface area contributed by atoms with Crippen LogP contribution < -0.4 is 5.32 Å². The van der Waals surface area contributed by atoms with Gasteiger partial charge in [0, 0.05) is 19.7 Å². The summed E-state index contributed by atoms with van der Waals surface area (Å²) in [5.74, 6) is 0. The third-order valence-electron chi connectivity index (χ3n) is 1.45. The lowest BCUT2D eigenvalue weighted by Gasteiger charge is -2.12. The summed E-state index contributed by atoms with van der Waals surface area (Å²) in [5, 5.41) is 11.9. The summed E-state index contributed by atoms with van der Waals surface area (Å²) in [6.45, 7) is 3.77. The van der Waals surface area contributed by atoms with Gasteiger partial charge in [-0.3, -0.25) is 0 Å². The molecule has 0 spiro atoms. The summed E-state index contributed by atoms with van der Waals surface area (Å²) in [6, 6.07) is 0.232. The van der Waals surface area contributed by atoms with E-state index < -0.39 is 0 Å². The van der Waals surface area contributed by atoms with Crippen molar-refractivity contribution in [1.29, 1.82) is 0 Å². The van der Waals surface area contributed by atoms with Gasteiger partial charge < -0.3 is 15.2 Å². The normalized spacial score (nSPS) is 13.5. The third kappa shape index (κ3) is 4.73. The first-order valence-corrected chi connectivity index (χ1v) is 3.68. The molecule has 0 fully saturated rings. The number of rotatable bonds is 6. The highest BCUT2D eigenvalue weighted by atomic mass is 16.5. The highest BCUT2D eigenvalue weighted by Crippen LogP contribution is 1.86. The molecule has 0 saturated heterocycles. The molecule has 0 aliphatic heterocycles. The second-order valence-corrected chi connectivity index (χ2v) is 2.23. The molecule has 3 heteroatoms. The van der Waals surface area contributed by atoms with Gasteiger partial charge in [0.2, 0.25) is 0 Å². The number of aliphatic hydroxyl groups excluding tert-OH is 1. The molecule has 0 aromatic carbocycles. The topological polar surface area (TPSA) is 41.5 Å². The molecule has 0 aliphatic carbocycles. The van der Waals surface area contributed by atoms with Crippen molar-refractivity contribution in [1.82, 2.24) is 5.32 Å². The van der Waals surface area contributed by atoms with E-state index in [2.05, 4.69) is 5.32 Å². The Hall–Kier alpha value is -0.120. The van der Waals surface area contributed by atoms with E-state index in [1.165, 1.54) is 0 Å². The van der Waals surface area contributed by atoms with Gasteiger partial charge in [0.05, 0.1) is 13.2 Å². The van der Waals surface area contributed by atoms with Gasteiger partial charge in [-0.25, -0.2) is 0 Å². The maximum Gasteiger partial charge on any atom is 0.0587 e. The summed E-state index contributed by atoms with van der Waals surface area (Å²) in [5.41, 5.74) is 0. The molecule has 0 saturated carbocycles. The average molecular weight is 147 g/mol. The zero-order valence-corrected chi connectivity index (χ0v) is 6.76. The number of hydrogen-bond donors (Lipinski definition) is 2. The molecule has 0 heterocycles. The van der Waals surface area contributed by atoms with Crippen LogP contribution in [0.2, 0.25) is 0 Å². The molecule has 3 nitrogen and oxygen atoms in total. The Morgan fingerprint density at radius 1 is 1.60 bits per heavy atom. The fourth-order valence-electron chi connectivity index (χ4n) is 0.703. The van der Waals surface area contributed by atoms with Gasteiger partial charge in [-0.1, -0.05) is 6.92 Å². The number of aliphatic hydroxyl groups is 1. The summed E-state index contributed by atoms with van der Waals surface area (Å²) < 4.78 is 4.84. The Bertz CT molecular complexity index is 64.6. The molecule has 1 unspecified atom stereocenters. The number of ether oxygens (including phenoxy) is 1. The molecule has 2 N–H and O–H groups in total. The second-order valence-electron chi connectivity index (χ2n) is 2.23. The Morgan fingerprint density at radius 2 is 2.30 bits per heavy atom. The van der Waals surface area contributed by atoms with Crippen molar-refractivity contribution in [3.63, 3.8) is 0 Å². The van der Waals surface area contributed by atoms with Crippen LogP contribution in [0.5, 0.6) is 0 Å². The fraction of sp³-hybridized carbons (Fsp3) is 1.00. The van der Waals surface area contributed by atoms with Crippen LogP contribution in [-0.2, 0) is 4.74 Å². The van der Waals surface area contributed by atoms with Crippen molar-refractivity contribution in [2.75, 3.05) is 26.9 Å². The fourth-order valence-corrected chi connectivity index (χ4v) is 0.703. The molecule has 0 aliphatic rings. The van der Waals surface area contributed by atoms with Crippen LogP contribution >= 0.6 is 0 Å². The van der Waals surface area contributed by atoms with Crippen molar-refractivity contribution < 1.29 is 9.84 Å². The van der Waals surface area contributed by atoms with Gasteiger partial charge in [0.15, 0.2) is 0 Å². The van der Waals surface area contributed by atoms with Crippen LogP contribution in [0.3, 0.4) is 0 Å². The highest BCUT2D eigenvalue weighted by molar-refractivity contribution is 4.61. The van der Waals surface area contributed by atoms with Crippen molar-refractivity contribution >= 4 is 0 Å². The van der Waals surface area contributed by atoms with E-state index in [1.54, 1.807) is 7.11 Å². The van der Waals surface area contributed by atoms with Crippen LogP contribution in [0.15, 0.2) is 0 Å². The molecular formula is C7H17NO2.